The lowest BCUT2D eigenvalue weighted by molar-refractivity contribution is 0.186. The van der Waals surface area contributed by atoms with Crippen LogP contribution in [0.15, 0.2) is 18.2 Å². The van der Waals surface area contributed by atoms with Crippen molar-refractivity contribution >= 4 is 23.2 Å². The van der Waals surface area contributed by atoms with Gasteiger partial charge in [0, 0.05) is 24.2 Å². The zero-order valence-electron chi connectivity index (χ0n) is 10.4. The van der Waals surface area contributed by atoms with Gasteiger partial charge in [0.25, 0.3) is 0 Å². The van der Waals surface area contributed by atoms with Crippen LogP contribution < -0.4 is 5.73 Å². The standard InChI is InChI=1S/C12H14Cl2N4O/c1-19-5-4-18-11(7-15)16-17-12(18)9-3-2-8(13)6-10(9)14/h2-3,6H,4-5,7,15H2,1H3. The minimum Gasteiger partial charge on any atom is -0.383 e. The van der Waals surface area contributed by atoms with Crippen LogP contribution in [0, 0.1) is 0 Å². The van der Waals surface area contributed by atoms with Crippen molar-refractivity contribution < 1.29 is 4.74 Å². The van der Waals surface area contributed by atoms with E-state index in [1.807, 2.05) is 10.6 Å². The molecule has 0 saturated carbocycles. The first-order chi connectivity index (χ1) is 9.17. The zero-order chi connectivity index (χ0) is 13.8. The molecule has 2 aromatic rings. The van der Waals surface area contributed by atoms with Gasteiger partial charge >= 0.3 is 0 Å². The molecule has 0 bridgehead atoms. The summed E-state index contributed by atoms with van der Waals surface area (Å²) < 4.78 is 6.98. The van der Waals surface area contributed by atoms with Crippen LogP contribution in [0.1, 0.15) is 5.82 Å². The third-order valence-corrected chi connectivity index (χ3v) is 3.25. The second-order valence-electron chi connectivity index (χ2n) is 3.91. The summed E-state index contributed by atoms with van der Waals surface area (Å²) in [7, 11) is 1.64. The predicted molar refractivity (Wildman–Crippen MR) is 75.2 cm³/mol. The number of benzene rings is 1. The monoisotopic (exact) mass is 300 g/mol. The lowest BCUT2D eigenvalue weighted by Gasteiger charge is -2.10. The lowest BCUT2D eigenvalue weighted by atomic mass is 10.2. The Morgan fingerprint density at radius 2 is 2.11 bits per heavy atom. The summed E-state index contributed by atoms with van der Waals surface area (Å²) in [5.74, 6) is 1.36. The van der Waals surface area contributed by atoms with Crippen LogP contribution in [0.2, 0.25) is 10.0 Å². The minimum atomic E-state index is 0.307. The van der Waals surface area contributed by atoms with Gasteiger partial charge in [-0.05, 0) is 18.2 Å². The highest BCUT2D eigenvalue weighted by Gasteiger charge is 2.15. The molecular weight excluding hydrogens is 287 g/mol. The van der Waals surface area contributed by atoms with E-state index in [2.05, 4.69) is 10.2 Å². The molecule has 1 heterocycles. The molecule has 102 valence electrons. The van der Waals surface area contributed by atoms with Crippen molar-refractivity contribution in [1.29, 1.82) is 0 Å². The second-order valence-corrected chi connectivity index (χ2v) is 4.76. The summed E-state index contributed by atoms with van der Waals surface area (Å²) >= 11 is 12.1. The van der Waals surface area contributed by atoms with Crippen molar-refractivity contribution in [2.24, 2.45) is 5.73 Å². The van der Waals surface area contributed by atoms with Gasteiger partial charge in [0.05, 0.1) is 18.2 Å². The van der Waals surface area contributed by atoms with Crippen LogP contribution in [-0.4, -0.2) is 28.5 Å². The summed E-state index contributed by atoms with van der Waals surface area (Å²) in [6.45, 7) is 1.47. The summed E-state index contributed by atoms with van der Waals surface area (Å²) in [5.41, 5.74) is 6.43. The molecule has 0 unspecified atom stereocenters. The molecule has 0 amide bonds. The van der Waals surface area contributed by atoms with Crippen molar-refractivity contribution in [3.63, 3.8) is 0 Å². The van der Waals surface area contributed by atoms with Crippen molar-refractivity contribution in [1.82, 2.24) is 14.8 Å². The van der Waals surface area contributed by atoms with E-state index in [0.717, 1.165) is 5.56 Å². The maximum atomic E-state index is 6.19. The maximum absolute atomic E-state index is 6.19. The van der Waals surface area contributed by atoms with Gasteiger partial charge in [0.15, 0.2) is 5.82 Å². The molecule has 1 aromatic heterocycles. The van der Waals surface area contributed by atoms with Gasteiger partial charge in [-0.3, -0.25) is 0 Å². The lowest BCUT2D eigenvalue weighted by Crippen LogP contribution is -2.12. The molecular formula is C12H14Cl2N4O. The normalized spacial score (nSPS) is 10.9. The number of aromatic nitrogens is 3. The van der Waals surface area contributed by atoms with E-state index in [4.69, 9.17) is 33.7 Å². The van der Waals surface area contributed by atoms with E-state index in [1.54, 1.807) is 19.2 Å². The number of halogens is 2. The van der Waals surface area contributed by atoms with Gasteiger partial charge in [-0.15, -0.1) is 10.2 Å². The molecule has 0 aliphatic rings. The molecule has 0 radical (unpaired) electrons. The molecule has 1 aromatic carbocycles. The zero-order valence-corrected chi connectivity index (χ0v) is 11.9. The summed E-state index contributed by atoms with van der Waals surface area (Å²) in [5, 5.41) is 9.33. The first kappa shape index (κ1) is 14.3. The van der Waals surface area contributed by atoms with E-state index < -0.39 is 0 Å². The average Bonchev–Trinajstić information content (AvgIpc) is 2.79. The number of rotatable bonds is 5. The molecule has 2 rings (SSSR count). The highest BCUT2D eigenvalue weighted by Crippen LogP contribution is 2.29. The molecule has 0 aliphatic carbocycles. The maximum Gasteiger partial charge on any atom is 0.165 e. The Balaban J connectivity index is 2.46. The SMILES string of the molecule is COCCn1c(CN)nnc1-c1ccc(Cl)cc1Cl. The van der Waals surface area contributed by atoms with E-state index in [-0.39, 0.29) is 0 Å². The van der Waals surface area contributed by atoms with Crippen LogP contribution in [0.3, 0.4) is 0 Å². The summed E-state index contributed by atoms with van der Waals surface area (Å²) in [6, 6.07) is 5.26. The van der Waals surface area contributed by atoms with Gasteiger partial charge in [-0.2, -0.15) is 0 Å². The Morgan fingerprint density at radius 1 is 1.32 bits per heavy atom. The quantitative estimate of drug-likeness (QED) is 0.920. The van der Waals surface area contributed by atoms with Crippen molar-refractivity contribution in [3.8, 4) is 11.4 Å². The van der Waals surface area contributed by atoms with Gasteiger partial charge < -0.3 is 15.0 Å². The Hall–Kier alpha value is -1.14. The van der Waals surface area contributed by atoms with Crippen molar-refractivity contribution in [2.75, 3.05) is 13.7 Å². The smallest absolute Gasteiger partial charge is 0.165 e. The van der Waals surface area contributed by atoms with Crippen LogP contribution in [0.4, 0.5) is 0 Å². The van der Waals surface area contributed by atoms with E-state index >= 15 is 0 Å². The van der Waals surface area contributed by atoms with Gasteiger partial charge in [0.2, 0.25) is 0 Å². The van der Waals surface area contributed by atoms with Gasteiger partial charge in [-0.1, -0.05) is 23.2 Å². The Bertz CT molecular complexity index is 571. The van der Waals surface area contributed by atoms with E-state index in [9.17, 15) is 0 Å². The Kier molecular flexibility index (Phi) is 4.76. The molecule has 7 heteroatoms. The highest BCUT2D eigenvalue weighted by atomic mass is 35.5. The van der Waals surface area contributed by atoms with Crippen molar-refractivity contribution in [2.45, 2.75) is 13.1 Å². The molecule has 0 saturated heterocycles. The predicted octanol–water partition coefficient (Wildman–Crippen LogP) is 2.36. The molecule has 2 N–H and O–H groups in total. The van der Waals surface area contributed by atoms with Gasteiger partial charge in [0.1, 0.15) is 5.82 Å². The van der Waals surface area contributed by atoms with E-state index in [1.165, 1.54) is 0 Å². The van der Waals surface area contributed by atoms with Crippen LogP contribution in [-0.2, 0) is 17.8 Å². The number of nitrogens with zero attached hydrogens (tertiary/aromatic N) is 3. The van der Waals surface area contributed by atoms with Crippen LogP contribution in [0.25, 0.3) is 11.4 Å². The average molecular weight is 301 g/mol. The minimum absolute atomic E-state index is 0.307. The first-order valence-electron chi connectivity index (χ1n) is 5.74. The largest absolute Gasteiger partial charge is 0.383 e. The fourth-order valence-electron chi connectivity index (χ4n) is 1.77. The fourth-order valence-corrected chi connectivity index (χ4v) is 2.27. The number of ether oxygens (including phenoxy) is 1. The highest BCUT2D eigenvalue weighted by molar-refractivity contribution is 6.36. The third kappa shape index (κ3) is 3.06. The van der Waals surface area contributed by atoms with Crippen LogP contribution in [0.5, 0.6) is 0 Å². The first-order valence-corrected chi connectivity index (χ1v) is 6.49. The summed E-state index contributed by atoms with van der Waals surface area (Å²) in [4.78, 5) is 0. The molecule has 5 nitrogen and oxygen atoms in total. The number of hydrogen-bond donors (Lipinski definition) is 1. The third-order valence-electron chi connectivity index (χ3n) is 2.70. The summed E-state index contributed by atoms with van der Waals surface area (Å²) in [6.07, 6.45) is 0. The molecule has 0 spiro atoms. The Morgan fingerprint density at radius 3 is 2.74 bits per heavy atom. The topological polar surface area (TPSA) is 66.0 Å². The molecule has 0 aliphatic heterocycles. The van der Waals surface area contributed by atoms with Crippen LogP contribution >= 0.6 is 23.2 Å². The molecule has 0 fully saturated rings. The fraction of sp³-hybridized carbons (Fsp3) is 0.333. The van der Waals surface area contributed by atoms with Gasteiger partial charge in [-0.25, -0.2) is 0 Å². The second kappa shape index (κ2) is 6.34. The molecule has 19 heavy (non-hydrogen) atoms. The Labute approximate surface area is 121 Å². The van der Waals surface area contributed by atoms with E-state index in [0.29, 0.717) is 41.4 Å². The molecule has 0 atom stereocenters. The van der Waals surface area contributed by atoms with Crippen molar-refractivity contribution in [3.05, 3.63) is 34.1 Å². The number of nitrogens with two attached hydrogens (primary N) is 1. The number of hydrogen-bond acceptors (Lipinski definition) is 4. The number of methoxy groups -OCH3 is 1.